The molecule has 0 unspecified atom stereocenters. The number of carbonyl (C=O) groups excluding carboxylic acids is 1. The Labute approximate surface area is 138 Å². The van der Waals surface area contributed by atoms with Gasteiger partial charge in [-0.3, -0.25) is 4.90 Å². The standard InChI is InChI=1S/C17H27N3O3/c1-22-10-2-7-18-17(21)19-13-15-3-5-16(6-4-15)14-20-8-11-23-12-9-20/h3-6H,2,7-14H2,1H3,(H2,18,19,21). The van der Waals surface area contributed by atoms with Gasteiger partial charge in [-0.2, -0.15) is 0 Å². The summed E-state index contributed by atoms with van der Waals surface area (Å²) in [4.78, 5) is 14.0. The average molecular weight is 321 g/mol. The third-order valence-corrected chi connectivity index (χ3v) is 3.80. The number of nitrogens with zero attached hydrogens (tertiary/aromatic N) is 1. The molecule has 0 atom stereocenters. The molecule has 1 saturated heterocycles. The molecule has 1 aromatic carbocycles. The number of urea groups is 1. The van der Waals surface area contributed by atoms with E-state index in [9.17, 15) is 4.79 Å². The van der Waals surface area contributed by atoms with Gasteiger partial charge in [-0.1, -0.05) is 24.3 Å². The molecular formula is C17H27N3O3. The molecule has 0 aliphatic carbocycles. The van der Waals surface area contributed by atoms with Gasteiger partial charge in [-0.25, -0.2) is 4.79 Å². The summed E-state index contributed by atoms with van der Waals surface area (Å²) in [7, 11) is 1.66. The molecule has 0 saturated carbocycles. The Morgan fingerprint density at radius 1 is 1.17 bits per heavy atom. The molecule has 128 valence electrons. The van der Waals surface area contributed by atoms with Crippen LogP contribution < -0.4 is 10.6 Å². The van der Waals surface area contributed by atoms with Crippen LogP contribution in [0.5, 0.6) is 0 Å². The number of rotatable bonds is 8. The molecule has 0 spiro atoms. The Morgan fingerprint density at radius 2 is 1.87 bits per heavy atom. The molecule has 1 fully saturated rings. The highest BCUT2D eigenvalue weighted by atomic mass is 16.5. The topological polar surface area (TPSA) is 62.8 Å². The van der Waals surface area contributed by atoms with E-state index in [-0.39, 0.29) is 6.03 Å². The largest absolute Gasteiger partial charge is 0.385 e. The Bertz CT molecular complexity index is 459. The van der Waals surface area contributed by atoms with E-state index >= 15 is 0 Å². The van der Waals surface area contributed by atoms with E-state index in [1.54, 1.807) is 7.11 Å². The van der Waals surface area contributed by atoms with E-state index in [1.165, 1.54) is 5.56 Å². The fraction of sp³-hybridized carbons (Fsp3) is 0.588. The van der Waals surface area contributed by atoms with Crippen LogP contribution in [0.1, 0.15) is 17.5 Å². The van der Waals surface area contributed by atoms with Crippen LogP contribution in [0.4, 0.5) is 4.79 Å². The lowest BCUT2D eigenvalue weighted by Crippen LogP contribution is -2.36. The molecule has 1 aliphatic rings. The molecule has 6 nitrogen and oxygen atoms in total. The van der Waals surface area contributed by atoms with Gasteiger partial charge in [-0.05, 0) is 17.5 Å². The van der Waals surface area contributed by atoms with E-state index in [1.807, 2.05) is 0 Å². The van der Waals surface area contributed by atoms with Gasteiger partial charge in [0.1, 0.15) is 0 Å². The summed E-state index contributed by atoms with van der Waals surface area (Å²) in [6, 6.07) is 8.26. The predicted octanol–water partition coefficient (Wildman–Crippen LogP) is 1.35. The highest BCUT2D eigenvalue weighted by Gasteiger charge is 2.10. The van der Waals surface area contributed by atoms with Crippen LogP contribution in [0.25, 0.3) is 0 Å². The minimum atomic E-state index is -0.140. The lowest BCUT2D eigenvalue weighted by molar-refractivity contribution is 0.0342. The summed E-state index contributed by atoms with van der Waals surface area (Å²) in [6.45, 7) is 6.40. The fourth-order valence-corrected chi connectivity index (χ4v) is 2.44. The molecule has 0 radical (unpaired) electrons. The second-order valence-corrected chi connectivity index (χ2v) is 5.66. The van der Waals surface area contributed by atoms with Gasteiger partial charge in [0.15, 0.2) is 0 Å². The van der Waals surface area contributed by atoms with Gasteiger partial charge < -0.3 is 20.1 Å². The number of ether oxygens (including phenoxy) is 2. The van der Waals surface area contributed by atoms with Gasteiger partial charge >= 0.3 is 6.03 Å². The van der Waals surface area contributed by atoms with Crippen molar-refractivity contribution in [1.82, 2.24) is 15.5 Å². The maximum absolute atomic E-state index is 11.6. The Balaban J connectivity index is 1.67. The predicted molar refractivity (Wildman–Crippen MR) is 89.3 cm³/mol. The normalized spacial score (nSPS) is 15.3. The number of amides is 2. The number of morpholine rings is 1. The molecule has 1 aromatic rings. The van der Waals surface area contributed by atoms with E-state index < -0.39 is 0 Å². The summed E-state index contributed by atoms with van der Waals surface area (Å²) >= 11 is 0. The molecule has 1 heterocycles. The number of benzene rings is 1. The lowest BCUT2D eigenvalue weighted by Gasteiger charge is -2.26. The lowest BCUT2D eigenvalue weighted by atomic mass is 10.1. The Morgan fingerprint density at radius 3 is 2.57 bits per heavy atom. The van der Waals surface area contributed by atoms with Gasteiger partial charge in [0.2, 0.25) is 0 Å². The summed E-state index contributed by atoms with van der Waals surface area (Å²) < 4.78 is 10.3. The van der Waals surface area contributed by atoms with Crippen molar-refractivity contribution in [3.8, 4) is 0 Å². The summed E-state index contributed by atoms with van der Waals surface area (Å²) in [5.41, 5.74) is 2.39. The average Bonchev–Trinajstić information content (AvgIpc) is 2.59. The fourth-order valence-electron chi connectivity index (χ4n) is 2.44. The molecule has 2 amide bonds. The molecule has 0 aromatic heterocycles. The number of methoxy groups -OCH3 is 1. The highest BCUT2D eigenvalue weighted by Crippen LogP contribution is 2.09. The molecule has 0 bridgehead atoms. The van der Waals surface area contributed by atoms with Crippen molar-refractivity contribution in [3.63, 3.8) is 0 Å². The summed E-state index contributed by atoms with van der Waals surface area (Å²) in [5.74, 6) is 0. The van der Waals surface area contributed by atoms with Crippen LogP contribution in [0.2, 0.25) is 0 Å². The SMILES string of the molecule is COCCCNC(=O)NCc1ccc(CN2CCOCC2)cc1. The zero-order valence-electron chi connectivity index (χ0n) is 13.8. The smallest absolute Gasteiger partial charge is 0.315 e. The van der Waals surface area contributed by atoms with Gasteiger partial charge in [0, 0.05) is 46.4 Å². The minimum absolute atomic E-state index is 0.140. The molecule has 1 aliphatic heterocycles. The maximum Gasteiger partial charge on any atom is 0.315 e. The zero-order chi connectivity index (χ0) is 16.3. The quantitative estimate of drug-likeness (QED) is 0.710. The number of hydrogen-bond donors (Lipinski definition) is 2. The Hall–Kier alpha value is -1.63. The zero-order valence-corrected chi connectivity index (χ0v) is 13.8. The summed E-state index contributed by atoms with van der Waals surface area (Å²) in [6.07, 6.45) is 0.820. The molecule has 23 heavy (non-hydrogen) atoms. The van der Waals surface area contributed by atoms with Crippen LogP contribution in [-0.4, -0.2) is 57.5 Å². The van der Waals surface area contributed by atoms with Crippen molar-refractivity contribution in [2.75, 3.05) is 46.6 Å². The van der Waals surface area contributed by atoms with Crippen molar-refractivity contribution in [1.29, 1.82) is 0 Å². The van der Waals surface area contributed by atoms with E-state index in [0.29, 0.717) is 19.7 Å². The first-order chi connectivity index (χ1) is 11.3. The Kier molecular flexibility index (Phi) is 7.86. The second-order valence-electron chi connectivity index (χ2n) is 5.66. The minimum Gasteiger partial charge on any atom is -0.385 e. The molecule has 2 N–H and O–H groups in total. The van der Waals surface area contributed by atoms with Crippen molar-refractivity contribution >= 4 is 6.03 Å². The highest BCUT2D eigenvalue weighted by molar-refractivity contribution is 5.73. The number of hydrogen-bond acceptors (Lipinski definition) is 4. The first-order valence-electron chi connectivity index (χ1n) is 8.16. The summed E-state index contributed by atoms with van der Waals surface area (Å²) in [5, 5.41) is 5.66. The van der Waals surface area contributed by atoms with Crippen molar-refractivity contribution in [3.05, 3.63) is 35.4 Å². The first kappa shape index (κ1) is 17.7. The van der Waals surface area contributed by atoms with E-state index in [4.69, 9.17) is 9.47 Å². The molecular weight excluding hydrogens is 294 g/mol. The van der Waals surface area contributed by atoms with Crippen LogP contribution in [0.15, 0.2) is 24.3 Å². The van der Waals surface area contributed by atoms with Gasteiger partial charge in [0.05, 0.1) is 13.2 Å². The van der Waals surface area contributed by atoms with Crippen LogP contribution >= 0.6 is 0 Å². The third-order valence-electron chi connectivity index (χ3n) is 3.80. The van der Waals surface area contributed by atoms with E-state index in [2.05, 4.69) is 39.8 Å². The van der Waals surface area contributed by atoms with Gasteiger partial charge in [-0.15, -0.1) is 0 Å². The molecule has 6 heteroatoms. The van der Waals surface area contributed by atoms with Crippen LogP contribution in [-0.2, 0) is 22.6 Å². The van der Waals surface area contributed by atoms with E-state index in [0.717, 1.165) is 44.8 Å². The third kappa shape index (κ3) is 6.99. The molecule has 2 rings (SSSR count). The number of carbonyl (C=O) groups is 1. The van der Waals surface area contributed by atoms with Crippen molar-refractivity contribution in [2.45, 2.75) is 19.5 Å². The second kappa shape index (κ2) is 10.2. The maximum atomic E-state index is 11.6. The van der Waals surface area contributed by atoms with Crippen molar-refractivity contribution < 1.29 is 14.3 Å². The monoisotopic (exact) mass is 321 g/mol. The van der Waals surface area contributed by atoms with Gasteiger partial charge in [0.25, 0.3) is 0 Å². The van der Waals surface area contributed by atoms with Crippen molar-refractivity contribution in [2.24, 2.45) is 0 Å². The van der Waals surface area contributed by atoms with Crippen LogP contribution in [0, 0.1) is 0 Å². The number of nitrogens with one attached hydrogen (secondary N) is 2. The first-order valence-corrected chi connectivity index (χ1v) is 8.16. The van der Waals surface area contributed by atoms with Crippen LogP contribution in [0.3, 0.4) is 0 Å².